The van der Waals surface area contributed by atoms with Gasteiger partial charge in [-0.1, -0.05) is 86.6 Å². The van der Waals surface area contributed by atoms with Crippen LogP contribution >= 0.6 is 18.2 Å². The number of rotatable bonds is 26. The number of imidazole rings is 2. The Hall–Kier alpha value is -8.67. The maximum atomic E-state index is 15.7. The summed E-state index contributed by atoms with van der Waals surface area (Å²) in [5, 5.41) is 15.2. The van der Waals surface area contributed by atoms with Crippen LogP contribution in [0.15, 0.2) is 133 Å². The number of esters is 1. The molecule has 7 atom stereocenters. The number of nitrogens with zero attached hydrogens (tertiary/aromatic N) is 8. The highest BCUT2D eigenvalue weighted by Crippen LogP contribution is 2.63. The molecule has 6 heterocycles. The molecule has 0 saturated carbocycles. The summed E-state index contributed by atoms with van der Waals surface area (Å²) < 4.78 is 69.9. The minimum Gasteiger partial charge on any atom is -0.497 e. The van der Waals surface area contributed by atoms with Crippen molar-refractivity contribution in [2.45, 2.75) is 95.3 Å². The number of methoxy groups -OCH3 is 2. The van der Waals surface area contributed by atoms with Gasteiger partial charge in [0.2, 0.25) is 11.9 Å². The molecule has 0 bridgehead atoms. The molecule has 452 valence electrons. The highest BCUT2D eigenvalue weighted by molar-refractivity contribution is 8.55. The van der Waals surface area contributed by atoms with E-state index in [2.05, 4.69) is 46.6 Å². The van der Waals surface area contributed by atoms with Gasteiger partial charge in [0.15, 0.2) is 28.1 Å². The van der Waals surface area contributed by atoms with Crippen molar-refractivity contribution >= 4 is 75.8 Å². The molecule has 0 aliphatic carbocycles. The molecule has 87 heavy (non-hydrogen) atoms. The first-order chi connectivity index (χ1) is 42.1. The summed E-state index contributed by atoms with van der Waals surface area (Å²) in [5.74, 6) is -0.996. The fourth-order valence-electron chi connectivity index (χ4n) is 10.1. The number of carbonyl (C=O) groups is 4. The molecule has 0 spiro atoms. The maximum Gasteiger partial charge on any atom is 0.389 e. The van der Waals surface area contributed by atoms with E-state index in [1.54, 1.807) is 63.0 Å². The molecule has 4 aromatic heterocycles. The number of aromatic nitrogens is 8. The Bertz CT molecular complexity index is 3850. The Morgan fingerprint density at radius 2 is 1.37 bits per heavy atom. The van der Waals surface area contributed by atoms with Gasteiger partial charge in [0, 0.05) is 42.9 Å². The van der Waals surface area contributed by atoms with Crippen LogP contribution in [0.1, 0.15) is 92.4 Å². The SMILES string of the molecule is COc1ccc(C(OC[C@H]2O[C@@H](n3cnc4c(NC(=O)c5ccccc5)ncnc43)C[C@@H]2OP(=O)(OC[C@H]2O[C@@H](n3cnc4c(=O)[nH]c(NC(=O)C(C)C)nc43)C[C@@H]2OC(=O)CCC(C)=O)SCCC#N)(c2ccccc2)c2ccc(OC)cc2)cc1. The van der Waals surface area contributed by atoms with E-state index in [1.165, 1.54) is 30.5 Å². The lowest BCUT2D eigenvalue weighted by atomic mass is 9.80. The number of nitrogens with one attached hydrogen (secondary N) is 3. The lowest BCUT2D eigenvalue weighted by molar-refractivity contribution is -0.153. The van der Waals surface area contributed by atoms with Crippen molar-refractivity contribution in [2.24, 2.45) is 5.92 Å². The number of ether oxygens (including phenoxy) is 6. The number of amides is 2. The van der Waals surface area contributed by atoms with Gasteiger partial charge in [-0.25, -0.2) is 24.5 Å². The van der Waals surface area contributed by atoms with E-state index in [0.29, 0.717) is 28.2 Å². The first kappa shape index (κ1) is 61.4. The zero-order valence-electron chi connectivity index (χ0n) is 48.0. The van der Waals surface area contributed by atoms with Crippen LogP contribution in [0, 0.1) is 17.2 Å². The number of H-pyrrole nitrogens is 1. The van der Waals surface area contributed by atoms with Gasteiger partial charge in [0.1, 0.15) is 66.1 Å². The van der Waals surface area contributed by atoms with E-state index in [-0.39, 0.29) is 84.3 Å². The quantitative estimate of drug-likeness (QED) is 0.0197. The molecular formula is C60H62N11O14PS. The van der Waals surface area contributed by atoms with Crippen molar-refractivity contribution in [1.82, 2.24) is 39.0 Å². The van der Waals surface area contributed by atoms with Crippen molar-refractivity contribution in [3.8, 4) is 17.6 Å². The summed E-state index contributed by atoms with van der Waals surface area (Å²) in [6.07, 6.45) is -2.72. The van der Waals surface area contributed by atoms with Crippen LogP contribution in [-0.2, 0) is 52.5 Å². The third kappa shape index (κ3) is 14.0. The highest BCUT2D eigenvalue weighted by Gasteiger charge is 2.48. The smallest absolute Gasteiger partial charge is 0.389 e. The first-order valence-corrected chi connectivity index (χ1v) is 31.0. The number of hydrogen-bond donors (Lipinski definition) is 3. The predicted octanol–water partition coefficient (Wildman–Crippen LogP) is 8.84. The second-order valence-electron chi connectivity index (χ2n) is 20.7. The first-order valence-electron chi connectivity index (χ1n) is 27.8. The lowest BCUT2D eigenvalue weighted by Crippen LogP contribution is -2.38. The predicted molar refractivity (Wildman–Crippen MR) is 318 cm³/mol. The number of hydrogen-bond acceptors (Lipinski definition) is 21. The number of fused-ring (bicyclic) bond motifs is 2. The molecule has 8 aromatic rings. The average Bonchev–Trinajstić information content (AvgIpc) is 1.33. The molecular weight excluding hydrogens is 1160 g/mol. The van der Waals surface area contributed by atoms with E-state index in [9.17, 15) is 29.2 Å². The number of benzene rings is 4. The van der Waals surface area contributed by atoms with Crippen LogP contribution in [-0.4, -0.2) is 120 Å². The van der Waals surface area contributed by atoms with Gasteiger partial charge in [-0.05, 0) is 71.4 Å². The number of carbonyl (C=O) groups excluding carboxylic acids is 4. The summed E-state index contributed by atoms with van der Waals surface area (Å²) in [7, 11) is 3.15. The number of aromatic amines is 1. The normalized spacial score (nSPS) is 19.1. The van der Waals surface area contributed by atoms with Crippen LogP contribution < -0.4 is 25.7 Å². The molecule has 2 aliphatic rings. The van der Waals surface area contributed by atoms with Gasteiger partial charge in [0.25, 0.3) is 11.5 Å². The summed E-state index contributed by atoms with van der Waals surface area (Å²) in [4.78, 5) is 89.4. The number of anilines is 2. The monoisotopic (exact) mass is 1220 g/mol. The summed E-state index contributed by atoms with van der Waals surface area (Å²) in [5.41, 5.74) is 1.08. The minimum atomic E-state index is -4.47. The Labute approximate surface area is 502 Å². The second-order valence-corrected chi connectivity index (χ2v) is 24.8. The molecule has 2 aliphatic heterocycles. The Balaban J connectivity index is 1.00. The largest absolute Gasteiger partial charge is 0.497 e. The van der Waals surface area contributed by atoms with Gasteiger partial charge in [-0.3, -0.25) is 47.7 Å². The molecule has 0 radical (unpaired) electrons. The van der Waals surface area contributed by atoms with Crippen LogP contribution in [0.5, 0.6) is 11.5 Å². The van der Waals surface area contributed by atoms with Gasteiger partial charge >= 0.3 is 12.8 Å². The van der Waals surface area contributed by atoms with Crippen molar-refractivity contribution < 1.29 is 61.2 Å². The summed E-state index contributed by atoms with van der Waals surface area (Å²) >= 11 is 0.776. The molecule has 4 aromatic carbocycles. The molecule has 2 amide bonds. The zero-order valence-corrected chi connectivity index (χ0v) is 49.7. The summed E-state index contributed by atoms with van der Waals surface area (Å²) in [6, 6.07) is 35.2. The topological polar surface area (TPSA) is 314 Å². The molecule has 25 nitrogen and oxygen atoms in total. The molecule has 2 saturated heterocycles. The van der Waals surface area contributed by atoms with Crippen molar-refractivity contribution in [1.29, 1.82) is 5.26 Å². The van der Waals surface area contributed by atoms with Crippen LogP contribution in [0.2, 0.25) is 0 Å². The van der Waals surface area contributed by atoms with Crippen LogP contribution in [0.3, 0.4) is 0 Å². The second kappa shape index (κ2) is 27.4. The maximum absolute atomic E-state index is 15.7. The molecule has 10 rings (SSSR count). The van der Waals surface area contributed by atoms with Gasteiger partial charge < -0.3 is 38.5 Å². The van der Waals surface area contributed by atoms with E-state index in [1.807, 2.05) is 78.9 Å². The van der Waals surface area contributed by atoms with Gasteiger partial charge in [-0.2, -0.15) is 10.2 Å². The molecule has 27 heteroatoms. The van der Waals surface area contributed by atoms with Crippen molar-refractivity contribution in [3.05, 3.63) is 161 Å². The number of Topliss-reactive ketones (excluding diaryl/α,β-unsaturated/α-hetero) is 1. The molecule has 3 N–H and O–H groups in total. The minimum absolute atomic E-state index is 0.00685. The zero-order chi connectivity index (χ0) is 61.2. The Kier molecular flexibility index (Phi) is 19.3. The highest BCUT2D eigenvalue weighted by atomic mass is 32.7. The standard InChI is InChI=1S/C60H62N11O14PS/c1-36(2)56(74)68-59-67-55-52(58(76)69-59)65-35-71(55)48-29-44(84-50(73)26-17-37(3)72)47(83-48)32-81-86(77,87-28-12-27-61)85-45-30-49(70-34-64-51-53(62-33-63-54(51)70)66-57(75)38-13-8-6-9-14-38)82-46(45)31-80-60(39-15-10-7-11-16-39,40-18-22-42(78-4)23-19-40)41-20-24-43(79-5)25-21-41/h6-11,13-16,18-25,33-36,44-49H,12,17,26,28-32H2,1-5H3,(H,62,63,66,75)(H2,67,68,69,74,76)/t44-,45-,46+,47+,48+,49+,86?/m0/s1. The van der Waals surface area contributed by atoms with Crippen molar-refractivity contribution in [3.63, 3.8) is 0 Å². The molecule has 2 fully saturated rings. The van der Waals surface area contributed by atoms with Crippen LogP contribution in [0.4, 0.5) is 11.8 Å². The van der Waals surface area contributed by atoms with E-state index in [4.69, 9.17) is 37.5 Å². The van der Waals surface area contributed by atoms with E-state index < -0.39 is 85.1 Å². The summed E-state index contributed by atoms with van der Waals surface area (Å²) in [6.45, 7) is -0.498. The fraction of sp³-hybridized carbons (Fsp3) is 0.350. The number of ketones is 1. The Morgan fingerprint density at radius 1 is 0.770 bits per heavy atom. The van der Waals surface area contributed by atoms with E-state index >= 15 is 4.57 Å². The lowest BCUT2D eigenvalue weighted by Gasteiger charge is -2.37. The molecule has 1 unspecified atom stereocenters. The van der Waals surface area contributed by atoms with Crippen LogP contribution in [0.25, 0.3) is 22.3 Å². The third-order valence-electron chi connectivity index (χ3n) is 14.5. The fourth-order valence-corrected chi connectivity index (χ4v) is 13.4. The third-order valence-corrected chi connectivity index (χ3v) is 18.3. The average molecular weight is 1220 g/mol. The van der Waals surface area contributed by atoms with Crippen molar-refractivity contribution in [2.75, 3.05) is 43.8 Å². The van der Waals surface area contributed by atoms with E-state index in [0.717, 1.165) is 16.9 Å². The van der Waals surface area contributed by atoms with Gasteiger partial charge in [0.05, 0.1) is 52.6 Å². The Morgan fingerprint density at radius 3 is 1.99 bits per heavy atom. The number of nitriles is 1. The van der Waals surface area contributed by atoms with Gasteiger partial charge in [-0.15, -0.1) is 0 Å².